The van der Waals surface area contributed by atoms with Crippen molar-refractivity contribution >= 4 is 23.3 Å². The third-order valence-electron chi connectivity index (χ3n) is 6.44. The normalized spacial score (nSPS) is 16.2. The van der Waals surface area contributed by atoms with Crippen molar-refractivity contribution in [1.82, 2.24) is 4.90 Å². The summed E-state index contributed by atoms with van der Waals surface area (Å²) in [4.78, 5) is 27.8. The number of amides is 3. The van der Waals surface area contributed by atoms with Gasteiger partial charge in [-0.15, -0.1) is 0 Å². The van der Waals surface area contributed by atoms with Gasteiger partial charge >= 0.3 is 6.03 Å². The Balaban J connectivity index is 1.52. The maximum Gasteiger partial charge on any atom is 0.323 e. The van der Waals surface area contributed by atoms with Gasteiger partial charge in [0.1, 0.15) is 5.75 Å². The summed E-state index contributed by atoms with van der Waals surface area (Å²) in [5.41, 5.74) is 4.51. The lowest BCUT2D eigenvalue weighted by atomic mass is 10.0. The van der Waals surface area contributed by atoms with Crippen molar-refractivity contribution in [3.63, 3.8) is 0 Å². The van der Waals surface area contributed by atoms with Gasteiger partial charge in [-0.2, -0.15) is 0 Å². The zero-order chi connectivity index (χ0) is 24.9. The van der Waals surface area contributed by atoms with E-state index in [1.807, 2.05) is 85.5 Å². The SMILES string of the molecule is CC[C@@H]1Oc2ccc(NC(=O)Nc3ccc(C(C)C)cc3)cc2CN([C@@H](C)c2ccccc2)C1=O. The summed E-state index contributed by atoms with van der Waals surface area (Å²) in [7, 11) is 0. The Morgan fingerprint density at radius 2 is 1.60 bits per heavy atom. The molecule has 0 aliphatic carbocycles. The highest BCUT2D eigenvalue weighted by Gasteiger charge is 2.33. The molecule has 1 aliphatic heterocycles. The van der Waals surface area contributed by atoms with Crippen LogP contribution in [-0.2, 0) is 11.3 Å². The number of carbonyl (C=O) groups excluding carboxylic acids is 2. The van der Waals surface area contributed by atoms with Crippen LogP contribution in [0.25, 0.3) is 0 Å². The molecular formula is C29H33N3O3. The van der Waals surface area contributed by atoms with E-state index in [4.69, 9.17) is 4.74 Å². The Kier molecular flexibility index (Phi) is 7.39. The third-order valence-corrected chi connectivity index (χ3v) is 6.44. The summed E-state index contributed by atoms with van der Waals surface area (Å²) in [5, 5.41) is 5.78. The molecule has 3 aromatic rings. The zero-order valence-electron chi connectivity index (χ0n) is 20.7. The number of nitrogens with zero attached hydrogens (tertiary/aromatic N) is 1. The van der Waals surface area contributed by atoms with Crippen molar-refractivity contribution in [3.05, 3.63) is 89.5 Å². The summed E-state index contributed by atoms with van der Waals surface area (Å²) >= 11 is 0. The van der Waals surface area contributed by atoms with E-state index in [0.717, 1.165) is 16.8 Å². The molecule has 0 bridgehead atoms. The summed E-state index contributed by atoms with van der Waals surface area (Å²) in [5.74, 6) is 1.07. The number of urea groups is 1. The molecule has 0 aromatic heterocycles. The van der Waals surface area contributed by atoms with Crippen LogP contribution < -0.4 is 15.4 Å². The molecule has 0 spiro atoms. The third kappa shape index (κ3) is 5.65. The minimum absolute atomic E-state index is 0.0304. The molecule has 0 saturated carbocycles. The molecule has 35 heavy (non-hydrogen) atoms. The molecule has 0 saturated heterocycles. The van der Waals surface area contributed by atoms with E-state index in [-0.39, 0.29) is 18.0 Å². The molecule has 2 atom stereocenters. The van der Waals surface area contributed by atoms with Gasteiger partial charge in [-0.1, -0.05) is 63.2 Å². The van der Waals surface area contributed by atoms with E-state index in [9.17, 15) is 9.59 Å². The lowest BCUT2D eigenvalue weighted by Gasteiger charge is -2.30. The minimum Gasteiger partial charge on any atom is -0.480 e. The predicted molar refractivity (Wildman–Crippen MR) is 140 cm³/mol. The van der Waals surface area contributed by atoms with Crippen LogP contribution in [0.15, 0.2) is 72.8 Å². The predicted octanol–water partition coefficient (Wildman–Crippen LogP) is 6.71. The van der Waals surface area contributed by atoms with Gasteiger partial charge in [-0.3, -0.25) is 4.79 Å². The quantitative estimate of drug-likeness (QED) is 0.419. The number of fused-ring (bicyclic) bond motifs is 1. The second-order valence-corrected chi connectivity index (χ2v) is 9.25. The van der Waals surface area contributed by atoms with Gasteiger partial charge in [-0.25, -0.2) is 4.79 Å². The van der Waals surface area contributed by atoms with E-state index >= 15 is 0 Å². The van der Waals surface area contributed by atoms with E-state index in [1.165, 1.54) is 5.56 Å². The van der Waals surface area contributed by atoms with E-state index in [2.05, 4.69) is 24.5 Å². The number of benzene rings is 3. The van der Waals surface area contributed by atoms with Crippen LogP contribution in [0, 0.1) is 0 Å². The summed E-state index contributed by atoms with van der Waals surface area (Å²) in [6.07, 6.45) is 0.0345. The first-order valence-corrected chi connectivity index (χ1v) is 12.2. The lowest BCUT2D eigenvalue weighted by Crippen LogP contribution is -2.40. The molecule has 182 valence electrons. The average Bonchev–Trinajstić information content (AvgIpc) is 3.00. The smallest absolute Gasteiger partial charge is 0.323 e. The second kappa shape index (κ2) is 10.6. The van der Waals surface area contributed by atoms with E-state index in [1.54, 1.807) is 6.07 Å². The molecule has 6 heteroatoms. The molecule has 4 rings (SSSR count). The fourth-order valence-electron chi connectivity index (χ4n) is 4.29. The molecule has 3 aromatic carbocycles. The number of nitrogens with one attached hydrogen (secondary N) is 2. The molecule has 0 fully saturated rings. The van der Waals surface area contributed by atoms with Crippen molar-refractivity contribution in [2.24, 2.45) is 0 Å². The van der Waals surface area contributed by atoms with Crippen molar-refractivity contribution in [3.8, 4) is 5.75 Å². The van der Waals surface area contributed by atoms with Crippen molar-refractivity contribution < 1.29 is 14.3 Å². The molecule has 3 amide bonds. The first-order chi connectivity index (χ1) is 16.9. The Hall–Kier alpha value is -3.80. The molecular weight excluding hydrogens is 438 g/mol. The Morgan fingerprint density at radius 1 is 0.943 bits per heavy atom. The monoisotopic (exact) mass is 471 g/mol. The summed E-state index contributed by atoms with van der Waals surface area (Å²) in [6, 6.07) is 22.9. The molecule has 0 unspecified atom stereocenters. The van der Waals surface area contributed by atoms with Crippen LogP contribution in [0.5, 0.6) is 5.75 Å². The van der Waals surface area contributed by atoms with Crippen LogP contribution in [0.3, 0.4) is 0 Å². The largest absolute Gasteiger partial charge is 0.480 e. The standard InChI is InChI=1S/C29H33N3O3/c1-5-26-28(33)32(20(4)22-9-7-6-8-10-22)18-23-17-25(15-16-27(23)35-26)31-29(34)30-24-13-11-21(12-14-24)19(2)3/h6-17,19-20,26H,5,18H2,1-4H3,(H2,30,31,34)/t20-,26-/m0/s1. The van der Waals surface area contributed by atoms with Crippen LogP contribution in [0.4, 0.5) is 16.2 Å². The van der Waals surface area contributed by atoms with Gasteiger partial charge in [0.25, 0.3) is 5.91 Å². The van der Waals surface area contributed by atoms with Gasteiger partial charge in [0, 0.05) is 16.9 Å². The molecule has 1 aliphatic rings. The van der Waals surface area contributed by atoms with Crippen LogP contribution >= 0.6 is 0 Å². The van der Waals surface area contributed by atoms with Crippen molar-refractivity contribution in [2.75, 3.05) is 10.6 Å². The second-order valence-electron chi connectivity index (χ2n) is 9.25. The first kappa shape index (κ1) is 24.3. The topological polar surface area (TPSA) is 70.7 Å². The van der Waals surface area contributed by atoms with Crippen molar-refractivity contribution in [1.29, 1.82) is 0 Å². The summed E-state index contributed by atoms with van der Waals surface area (Å²) < 4.78 is 6.10. The number of hydrogen-bond donors (Lipinski definition) is 2. The number of ether oxygens (including phenoxy) is 1. The number of hydrogen-bond acceptors (Lipinski definition) is 3. The maximum atomic E-state index is 13.3. The van der Waals surface area contributed by atoms with Gasteiger partial charge < -0.3 is 20.3 Å². The average molecular weight is 472 g/mol. The molecule has 1 heterocycles. The number of anilines is 2. The number of carbonyl (C=O) groups is 2. The summed E-state index contributed by atoms with van der Waals surface area (Å²) in [6.45, 7) is 8.65. The van der Waals surface area contributed by atoms with Crippen LogP contribution in [-0.4, -0.2) is 22.9 Å². The van der Waals surface area contributed by atoms with Gasteiger partial charge in [-0.05, 0) is 60.7 Å². The van der Waals surface area contributed by atoms with Crippen LogP contribution in [0.2, 0.25) is 0 Å². The fourth-order valence-corrected chi connectivity index (χ4v) is 4.29. The van der Waals surface area contributed by atoms with Gasteiger partial charge in [0.05, 0.1) is 12.6 Å². The van der Waals surface area contributed by atoms with Crippen LogP contribution in [0.1, 0.15) is 62.8 Å². The lowest BCUT2D eigenvalue weighted by molar-refractivity contribution is -0.140. The zero-order valence-corrected chi connectivity index (χ0v) is 20.7. The molecule has 0 radical (unpaired) electrons. The van der Waals surface area contributed by atoms with Gasteiger partial charge in [0.15, 0.2) is 6.10 Å². The van der Waals surface area contributed by atoms with E-state index < -0.39 is 6.10 Å². The Morgan fingerprint density at radius 3 is 2.26 bits per heavy atom. The first-order valence-electron chi connectivity index (χ1n) is 12.2. The Labute approximate surface area is 207 Å². The number of rotatable bonds is 6. The van der Waals surface area contributed by atoms with Gasteiger partial charge in [0.2, 0.25) is 0 Å². The van der Waals surface area contributed by atoms with E-state index in [0.29, 0.717) is 30.3 Å². The maximum absolute atomic E-state index is 13.3. The van der Waals surface area contributed by atoms with Crippen molar-refractivity contribution in [2.45, 2.75) is 58.7 Å². The fraction of sp³-hybridized carbons (Fsp3) is 0.310. The molecule has 2 N–H and O–H groups in total. The highest BCUT2D eigenvalue weighted by atomic mass is 16.5. The highest BCUT2D eigenvalue weighted by Crippen LogP contribution is 2.33. The minimum atomic E-state index is -0.543. The Bertz CT molecular complexity index is 1180. The molecule has 6 nitrogen and oxygen atoms in total. The highest BCUT2D eigenvalue weighted by molar-refractivity contribution is 5.99.